The number of hydrogen-bond donors (Lipinski definition) is 0. The summed E-state index contributed by atoms with van der Waals surface area (Å²) in [5, 5.41) is -0.0746. The van der Waals surface area contributed by atoms with E-state index in [2.05, 4.69) is 4.98 Å². The Bertz CT molecular complexity index is 482. The maximum Gasteiger partial charge on any atom is 0.307 e. The van der Waals surface area contributed by atoms with Gasteiger partial charge < -0.3 is 9.64 Å². The van der Waals surface area contributed by atoms with Gasteiger partial charge in [0, 0.05) is 13.6 Å². The Morgan fingerprint density at radius 2 is 2.21 bits per heavy atom. The Balaban J connectivity index is 2.66. The number of hydrogen-bond acceptors (Lipinski definition) is 4. The number of carbonyl (C=O) groups excluding carboxylic acids is 2. The molecule has 0 radical (unpaired) electrons. The molecule has 0 N–H and O–H groups in total. The maximum atomic E-state index is 13.0. The van der Waals surface area contributed by atoms with Gasteiger partial charge in [-0.25, -0.2) is 9.37 Å². The minimum Gasteiger partial charge on any atom is -0.466 e. The van der Waals surface area contributed by atoms with E-state index in [9.17, 15) is 14.0 Å². The molecule has 0 atom stereocenters. The Morgan fingerprint density at radius 1 is 1.53 bits per heavy atom. The summed E-state index contributed by atoms with van der Waals surface area (Å²) < 4.78 is 17.8. The molecule has 5 nitrogen and oxygen atoms in total. The molecule has 0 aromatic carbocycles. The van der Waals surface area contributed by atoms with Crippen molar-refractivity contribution in [3.05, 3.63) is 28.8 Å². The second-order valence-electron chi connectivity index (χ2n) is 3.77. The summed E-state index contributed by atoms with van der Waals surface area (Å²) in [6.07, 6.45) is 0.994. The van der Waals surface area contributed by atoms with E-state index >= 15 is 0 Å². The van der Waals surface area contributed by atoms with Gasteiger partial charge in [0.05, 0.1) is 24.8 Å². The standard InChI is InChI=1S/C12H14ClFN2O3/c1-3-19-10(17)4-5-16(2)12(18)9-6-8(14)7-15-11(9)13/h6-7H,3-5H2,1-2H3. The molecule has 0 spiro atoms. The van der Waals surface area contributed by atoms with Crippen molar-refractivity contribution in [1.82, 2.24) is 9.88 Å². The normalized spacial score (nSPS) is 10.1. The number of aromatic nitrogens is 1. The third-order valence-corrected chi connectivity index (χ3v) is 2.64. The van der Waals surface area contributed by atoms with Gasteiger partial charge >= 0.3 is 5.97 Å². The van der Waals surface area contributed by atoms with Gasteiger partial charge in [-0.1, -0.05) is 11.6 Å². The van der Waals surface area contributed by atoms with Gasteiger partial charge in [0.1, 0.15) is 11.0 Å². The third-order valence-electron chi connectivity index (χ3n) is 2.34. The topological polar surface area (TPSA) is 59.5 Å². The van der Waals surface area contributed by atoms with Crippen molar-refractivity contribution in [2.45, 2.75) is 13.3 Å². The van der Waals surface area contributed by atoms with Crippen LogP contribution in [-0.2, 0) is 9.53 Å². The summed E-state index contributed by atoms with van der Waals surface area (Å²) in [6, 6.07) is 1.01. The minimum absolute atomic E-state index is 0.0342. The molecule has 19 heavy (non-hydrogen) atoms. The molecule has 0 fully saturated rings. The zero-order valence-electron chi connectivity index (χ0n) is 10.7. The van der Waals surface area contributed by atoms with E-state index in [4.69, 9.17) is 16.3 Å². The monoisotopic (exact) mass is 288 g/mol. The van der Waals surface area contributed by atoms with Crippen molar-refractivity contribution in [3.63, 3.8) is 0 Å². The van der Waals surface area contributed by atoms with Crippen molar-refractivity contribution in [2.24, 2.45) is 0 Å². The Labute approximate surface area is 115 Å². The Kier molecular flexibility index (Phi) is 5.69. The van der Waals surface area contributed by atoms with Crippen LogP contribution in [0.25, 0.3) is 0 Å². The van der Waals surface area contributed by atoms with Gasteiger partial charge in [0.15, 0.2) is 0 Å². The molecule has 0 aliphatic carbocycles. The number of pyridine rings is 1. The number of amides is 1. The van der Waals surface area contributed by atoms with Crippen LogP contribution in [0.1, 0.15) is 23.7 Å². The summed E-state index contributed by atoms with van der Waals surface area (Å²) >= 11 is 5.73. The molecule has 0 saturated heterocycles. The predicted molar refractivity (Wildman–Crippen MR) is 67.4 cm³/mol. The van der Waals surface area contributed by atoms with Crippen molar-refractivity contribution in [1.29, 1.82) is 0 Å². The van der Waals surface area contributed by atoms with Gasteiger partial charge in [-0.2, -0.15) is 0 Å². The van der Waals surface area contributed by atoms with Gasteiger partial charge in [-0.3, -0.25) is 9.59 Å². The summed E-state index contributed by atoms with van der Waals surface area (Å²) in [6.45, 7) is 2.14. The summed E-state index contributed by atoms with van der Waals surface area (Å²) in [5.74, 6) is -1.54. The zero-order chi connectivity index (χ0) is 14.4. The van der Waals surface area contributed by atoms with Crippen LogP contribution in [0.2, 0.25) is 5.15 Å². The zero-order valence-corrected chi connectivity index (χ0v) is 11.4. The number of rotatable bonds is 5. The molecule has 7 heteroatoms. The Morgan fingerprint density at radius 3 is 2.84 bits per heavy atom. The van der Waals surface area contributed by atoms with E-state index in [0.717, 1.165) is 12.3 Å². The van der Waals surface area contributed by atoms with E-state index < -0.39 is 17.7 Å². The lowest BCUT2D eigenvalue weighted by atomic mass is 10.2. The van der Waals surface area contributed by atoms with Crippen molar-refractivity contribution >= 4 is 23.5 Å². The second kappa shape index (κ2) is 7.04. The fourth-order valence-corrected chi connectivity index (χ4v) is 1.56. The molecule has 0 aliphatic heterocycles. The molecular formula is C12H14ClFN2O3. The molecule has 1 heterocycles. The predicted octanol–water partition coefficient (Wildman–Crippen LogP) is 1.90. The average molecular weight is 289 g/mol. The first-order chi connectivity index (χ1) is 8.95. The highest BCUT2D eigenvalue weighted by Crippen LogP contribution is 2.15. The summed E-state index contributed by atoms with van der Waals surface area (Å²) in [7, 11) is 1.49. The number of ether oxygens (including phenoxy) is 1. The van der Waals surface area contributed by atoms with Crippen LogP contribution in [0.4, 0.5) is 4.39 Å². The lowest BCUT2D eigenvalue weighted by molar-refractivity contribution is -0.143. The largest absolute Gasteiger partial charge is 0.466 e. The van der Waals surface area contributed by atoms with Gasteiger partial charge in [-0.15, -0.1) is 0 Å². The maximum absolute atomic E-state index is 13.0. The highest BCUT2D eigenvalue weighted by atomic mass is 35.5. The van der Waals surface area contributed by atoms with Crippen LogP contribution in [0.5, 0.6) is 0 Å². The quantitative estimate of drug-likeness (QED) is 0.613. The molecule has 0 aliphatic rings. The third kappa shape index (κ3) is 4.48. The van der Waals surface area contributed by atoms with Crippen LogP contribution in [-0.4, -0.2) is 42.0 Å². The lowest BCUT2D eigenvalue weighted by Crippen LogP contribution is -2.29. The molecule has 1 rings (SSSR count). The molecule has 0 saturated carbocycles. The highest BCUT2D eigenvalue weighted by Gasteiger charge is 2.17. The number of esters is 1. The minimum atomic E-state index is -0.647. The molecule has 1 aromatic heterocycles. The first-order valence-corrected chi connectivity index (χ1v) is 6.05. The summed E-state index contributed by atoms with van der Waals surface area (Å²) in [5.41, 5.74) is -0.0342. The van der Waals surface area contributed by atoms with Crippen LogP contribution >= 0.6 is 11.6 Å². The highest BCUT2D eigenvalue weighted by molar-refractivity contribution is 6.32. The van der Waals surface area contributed by atoms with E-state index in [1.165, 1.54) is 11.9 Å². The first kappa shape index (κ1) is 15.4. The first-order valence-electron chi connectivity index (χ1n) is 5.67. The van der Waals surface area contributed by atoms with Crippen LogP contribution < -0.4 is 0 Å². The molecule has 0 bridgehead atoms. The molecular weight excluding hydrogens is 275 g/mol. The van der Waals surface area contributed by atoms with E-state index in [1.807, 2.05) is 0 Å². The fraction of sp³-hybridized carbons (Fsp3) is 0.417. The molecule has 0 unspecified atom stereocenters. The van der Waals surface area contributed by atoms with Crippen LogP contribution in [0.3, 0.4) is 0 Å². The number of carbonyl (C=O) groups is 2. The van der Waals surface area contributed by atoms with E-state index in [1.54, 1.807) is 6.92 Å². The smallest absolute Gasteiger partial charge is 0.307 e. The number of nitrogens with zero attached hydrogens (tertiary/aromatic N) is 2. The van der Waals surface area contributed by atoms with Gasteiger partial charge in [0.25, 0.3) is 5.91 Å². The van der Waals surface area contributed by atoms with Crippen molar-refractivity contribution < 1.29 is 18.7 Å². The molecule has 1 amide bonds. The van der Waals surface area contributed by atoms with Crippen molar-refractivity contribution in [3.8, 4) is 0 Å². The van der Waals surface area contributed by atoms with Crippen LogP contribution in [0.15, 0.2) is 12.3 Å². The number of halogens is 2. The second-order valence-corrected chi connectivity index (χ2v) is 4.13. The average Bonchev–Trinajstić information content (AvgIpc) is 2.38. The molecule has 1 aromatic rings. The van der Waals surface area contributed by atoms with Gasteiger partial charge in [-0.05, 0) is 13.0 Å². The van der Waals surface area contributed by atoms with Crippen molar-refractivity contribution in [2.75, 3.05) is 20.2 Å². The fourth-order valence-electron chi connectivity index (χ4n) is 1.37. The SMILES string of the molecule is CCOC(=O)CCN(C)C(=O)c1cc(F)cnc1Cl. The van der Waals surface area contributed by atoms with E-state index in [-0.39, 0.29) is 30.3 Å². The molecule has 104 valence electrons. The Hall–Kier alpha value is -1.69. The van der Waals surface area contributed by atoms with Gasteiger partial charge in [0.2, 0.25) is 0 Å². The lowest BCUT2D eigenvalue weighted by Gasteiger charge is -2.17. The van der Waals surface area contributed by atoms with Crippen LogP contribution in [0, 0.1) is 5.82 Å². The van der Waals surface area contributed by atoms with E-state index in [0.29, 0.717) is 0 Å². The summed E-state index contributed by atoms with van der Waals surface area (Å²) in [4.78, 5) is 28.0.